The summed E-state index contributed by atoms with van der Waals surface area (Å²) in [6.45, 7) is 0. The quantitative estimate of drug-likeness (QED) is 0.182. The molecular formula is C52H32N4. The van der Waals surface area contributed by atoms with Crippen molar-refractivity contribution in [2.24, 2.45) is 0 Å². The highest BCUT2D eigenvalue weighted by atomic mass is 15.2. The minimum atomic E-state index is 0.650. The van der Waals surface area contributed by atoms with Crippen molar-refractivity contribution in [3.05, 3.63) is 194 Å². The molecule has 3 aromatic heterocycles. The maximum absolute atomic E-state index is 5.49. The first-order valence-electron chi connectivity index (χ1n) is 19.1. The minimum absolute atomic E-state index is 0.650. The number of benzene rings is 9. The number of hydrogen-bond donors (Lipinski definition) is 0. The van der Waals surface area contributed by atoms with Crippen molar-refractivity contribution in [3.8, 4) is 34.0 Å². The molecule has 0 bridgehead atoms. The van der Waals surface area contributed by atoms with Gasteiger partial charge < -0.3 is 4.57 Å². The van der Waals surface area contributed by atoms with Crippen molar-refractivity contribution in [2.75, 3.05) is 0 Å². The molecule has 0 unspecified atom stereocenters. The zero-order valence-electron chi connectivity index (χ0n) is 30.3. The number of hydrogen-bond acceptors (Lipinski definition) is 2. The molecule has 56 heavy (non-hydrogen) atoms. The average Bonchev–Trinajstić information content (AvgIpc) is 3.78. The van der Waals surface area contributed by atoms with Crippen LogP contribution in [-0.4, -0.2) is 19.1 Å². The van der Waals surface area contributed by atoms with Crippen molar-refractivity contribution in [1.82, 2.24) is 19.1 Å². The largest absolute Gasteiger partial charge is 0.309 e. The first-order valence-corrected chi connectivity index (χ1v) is 19.1. The minimum Gasteiger partial charge on any atom is -0.309 e. The third kappa shape index (κ3) is 4.53. The molecule has 0 aliphatic carbocycles. The summed E-state index contributed by atoms with van der Waals surface area (Å²) in [6.07, 6.45) is 0. The van der Waals surface area contributed by atoms with Gasteiger partial charge >= 0.3 is 0 Å². The molecule has 260 valence electrons. The van der Waals surface area contributed by atoms with E-state index in [-0.39, 0.29) is 0 Å². The highest BCUT2D eigenvalue weighted by Gasteiger charge is 2.22. The van der Waals surface area contributed by atoms with E-state index in [0.29, 0.717) is 5.95 Å². The molecule has 0 amide bonds. The van der Waals surface area contributed by atoms with E-state index in [9.17, 15) is 0 Å². The first-order chi connectivity index (χ1) is 27.8. The van der Waals surface area contributed by atoms with Crippen molar-refractivity contribution in [2.45, 2.75) is 0 Å². The zero-order valence-corrected chi connectivity index (χ0v) is 30.3. The zero-order chi connectivity index (χ0) is 36.7. The maximum atomic E-state index is 5.49. The fraction of sp³-hybridized carbons (Fsp3) is 0. The number of rotatable bonds is 4. The Kier molecular flexibility index (Phi) is 6.60. The topological polar surface area (TPSA) is 35.6 Å². The molecule has 4 nitrogen and oxygen atoms in total. The Bertz CT molecular complexity index is 3480. The summed E-state index contributed by atoms with van der Waals surface area (Å²) in [4.78, 5) is 10.8. The van der Waals surface area contributed by atoms with Crippen LogP contribution in [0.1, 0.15) is 0 Å². The monoisotopic (exact) mass is 712 g/mol. The normalized spacial score (nSPS) is 11.9. The molecule has 0 fully saturated rings. The maximum Gasteiger partial charge on any atom is 0.235 e. The van der Waals surface area contributed by atoms with Gasteiger partial charge in [0.1, 0.15) is 0 Å². The molecule has 4 heteroatoms. The van der Waals surface area contributed by atoms with Gasteiger partial charge in [-0.25, -0.2) is 9.97 Å². The van der Waals surface area contributed by atoms with Gasteiger partial charge in [0, 0.05) is 43.7 Å². The molecule has 12 aromatic rings. The second kappa shape index (κ2) is 12.0. The Morgan fingerprint density at radius 2 is 0.875 bits per heavy atom. The van der Waals surface area contributed by atoms with Crippen molar-refractivity contribution in [1.29, 1.82) is 0 Å². The third-order valence-corrected chi connectivity index (χ3v) is 11.5. The molecule has 0 N–H and O–H groups in total. The molecule has 0 radical (unpaired) electrons. The van der Waals surface area contributed by atoms with E-state index in [0.717, 1.165) is 50.0 Å². The summed E-state index contributed by atoms with van der Waals surface area (Å²) < 4.78 is 4.67. The molecule has 0 aliphatic rings. The van der Waals surface area contributed by atoms with Gasteiger partial charge in [0.15, 0.2) is 0 Å². The van der Waals surface area contributed by atoms with E-state index in [4.69, 9.17) is 9.97 Å². The summed E-state index contributed by atoms with van der Waals surface area (Å²) >= 11 is 0. The fourth-order valence-electron chi connectivity index (χ4n) is 8.99. The van der Waals surface area contributed by atoms with Crippen LogP contribution in [0.2, 0.25) is 0 Å². The van der Waals surface area contributed by atoms with Crippen LogP contribution >= 0.6 is 0 Å². The second-order valence-corrected chi connectivity index (χ2v) is 14.6. The lowest BCUT2D eigenvalue weighted by Crippen LogP contribution is -2.04. The smallest absolute Gasteiger partial charge is 0.235 e. The van der Waals surface area contributed by atoms with Gasteiger partial charge in [-0.05, 0) is 75.6 Å². The van der Waals surface area contributed by atoms with E-state index in [1.807, 2.05) is 0 Å². The molecule has 0 spiro atoms. The summed E-state index contributed by atoms with van der Waals surface area (Å²) in [7, 11) is 0. The third-order valence-electron chi connectivity index (χ3n) is 11.5. The standard InChI is InChI=1S/C52H32N4/c1-2-14-35-31-37(26-25-33(35)13-1)50-43-20-5-9-21-45(43)53-52(54-50)56-48-24-12-8-19-42(48)44-32-36-15-3-4-16-39(36)49(51(44)56)34-27-29-38(30-28-34)55-46-22-10-6-17-40(46)41-18-7-11-23-47(41)55/h1-32H. The molecule has 0 saturated carbocycles. The molecular weight excluding hydrogens is 681 g/mol. The van der Waals surface area contributed by atoms with Crippen LogP contribution in [0.15, 0.2) is 194 Å². The van der Waals surface area contributed by atoms with Gasteiger partial charge in [-0.15, -0.1) is 0 Å². The first kappa shape index (κ1) is 30.9. The molecule has 0 atom stereocenters. The number of aromatic nitrogens is 4. The average molecular weight is 713 g/mol. The Hall–Kier alpha value is -7.56. The molecule has 3 heterocycles. The van der Waals surface area contributed by atoms with Gasteiger partial charge in [0.25, 0.3) is 0 Å². The number of para-hydroxylation sites is 4. The van der Waals surface area contributed by atoms with Crippen molar-refractivity contribution < 1.29 is 0 Å². The van der Waals surface area contributed by atoms with Crippen molar-refractivity contribution in [3.63, 3.8) is 0 Å². The lowest BCUT2D eigenvalue weighted by Gasteiger charge is -2.16. The predicted octanol–water partition coefficient (Wildman–Crippen LogP) is 13.5. The van der Waals surface area contributed by atoms with Crippen LogP contribution in [0.4, 0.5) is 0 Å². The molecule has 0 aliphatic heterocycles. The Labute approximate surface area is 322 Å². The predicted molar refractivity (Wildman–Crippen MR) is 234 cm³/mol. The SMILES string of the molecule is c1ccc2cc(-c3nc(-n4c5ccccc5c5cc6ccccc6c(-c6ccc(-n7c8ccccc8c8ccccc87)cc6)c54)nc4ccccc34)ccc2c1. The van der Waals surface area contributed by atoms with E-state index < -0.39 is 0 Å². The van der Waals surface area contributed by atoms with Gasteiger partial charge in [-0.3, -0.25) is 4.57 Å². The number of fused-ring (bicyclic) bond motifs is 9. The van der Waals surface area contributed by atoms with Crippen LogP contribution < -0.4 is 0 Å². The van der Waals surface area contributed by atoms with Crippen LogP contribution in [-0.2, 0) is 0 Å². The molecule has 0 saturated heterocycles. The highest BCUT2D eigenvalue weighted by Crippen LogP contribution is 2.43. The van der Waals surface area contributed by atoms with Crippen LogP contribution in [0, 0.1) is 0 Å². The Morgan fingerprint density at radius 3 is 1.59 bits per heavy atom. The molecule has 12 rings (SSSR count). The van der Waals surface area contributed by atoms with Gasteiger partial charge in [-0.2, -0.15) is 0 Å². The van der Waals surface area contributed by atoms with E-state index in [1.54, 1.807) is 0 Å². The van der Waals surface area contributed by atoms with E-state index in [1.165, 1.54) is 54.1 Å². The second-order valence-electron chi connectivity index (χ2n) is 14.6. The summed E-state index contributed by atoms with van der Waals surface area (Å²) in [5.74, 6) is 0.650. The fourth-order valence-corrected chi connectivity index (χ4v) is 8.99. The number of nitrogens with zero attached hydrogens (tertiary/aromatic N) is 4. The van der Waals surface area contributed by atoms with E-state index >= 15 is 0 Å². The molecule has 9 aromatic carbocycles. The summed E-state index contributed by atoms with van der Waals surface area (Å²) in [6, 6.07) is 69.7. The lowest BCUT2D eigenvalue weighted by atomic mass is 9.94. The van der Waals surface area contributed by atoms with Gasteiger partial charge in [-0.1, -0.05) is 146 Å². The lowest BCUT2D eigenvalue weighted by molar-refractivity contribution is 1.01. The van der Waals surface area contributed by atoms with Gasteiger partial charge in [0.2, 0.25) is 5.95 Å². The van der Waals surface area contributed by atoms with Crippen molar-refractivity contribution >= 4 is 76.1 Å². The van der Waals surface area contributed by atoms with Crippen LogP contribution in [0.3, 0.4) is 0 Å². The summed E-state index contributed by atoms with van der Waals surface area (Å²) in [5, 5.41) is 10.6. The van der Waals surface area contributed by atoms with Crippen LogP contribution in [0.5, 0.6) is 0 Å². The Balaban J connectivity index is 1.14. The van der Waals surface area contributed by atoms with Gasteiger partial charge in [0.05, 0.1) is 33.3 Å². The Morgan fingerprint density at radius 1 is 0.339 bits per heavy atom. The highest BCUT2D eigenvalue weighted by molar-refractivity contribution is 6.21. The summed E-state index contributed by atoms with van der Waals surface area (Å²) in [5.41, 5.74) is 10.9. The van der Waals surface area contributed by atoms with E-state index in [2.05, 4.69) is 203 Å². The van der Waals surface area contributed by atoms with Crippen LogP contribution in [0.25, 0.3) is 110 Å².